The van der Waals surface area contributed by atoms with E-state index >= 15 is 0 Å². The fourth-order valence-electron chi connectivity index (χ4n) is 3.14. The van der Waals surface area contributed by atoms with E-state index in [1.807, 2.05) is 11.3 Å². The van der Waals surface area contributed by atoms with E-state index in [4.69, 9.17) is 0 Å². The van der Waals surface area contributed by atoms with Gasteiger partial charge in [0.25, 0.3) is 0 Å². The third-order valence-corrected chi connectivity index (χ3v) is 5.40. The topological polar surface area (TPSA) is 24.9 Å². The van der Waals surface area contributed by atoms with Crippen molar-refractivity contribution in [3.8, 4) is 0 Å². The molecule has 1 aliphatic carbocycles. The maximum atomic E-state index is 4.49. The molecule has 3 heteroatoms. The highest BCUT2D eigenvalue weighted by Gasteiger charge is 2.09. The molecule has 0 amide bonds. The molecule has 1 aromatic heterocycles. The highest BCUT2D eigenvalue weighted by atomic mass is 32.1. The highest BCUT2D eigenvalue weighted by Crippen LogP contribution is 2.22. The maximum absolute atomic E-state index is 4.49. The van der Waals surface area contributed by atoms with E-state index in [0.29, 0.717) is 0 Å². The van der Waals surface area contributed by atoms with Gasteiger partial charge in [-0.15, -0.1) is 11.3 Å². The number of fused-ring (bicyclic) bond motifs is 1. The van der Waals surface area contributed by atoms with Crippen LogP contribution in [0.25, 0.3) is 0 Å². The summed E-state index contributed by atoms with van der Waals surface area (Å²) in [4.78, 5) is 5.91. The lowest BCUT2D eigenvalue weighted by molar-refractivity contribution is 0.671. The van der Waals surface area contributed by atoms with Gasteiger partial charge in [0.15, 0.2) is 0 Å². The van der Waals surface area contributed by atoms with Crippen LogP contribution >= 0.6 is 11.3 Å². The van der Waals surface area contributed by atoms with Gasteiger partial charge in [-0.3, -0.25) is 0 Å². The van der Waals surface area contributed by atoms with E-state index in [-0.39, 0.29) is 0 Å². The Hall–Kier alpha value is -1.19. The van der Waals surface area contributed by atoms with E-state index in [0.717, 1.165) is 19.5 Å². The number of benzene rings is 1. The van der Waals surface area contributed by atoms with Crippen LogP contribution in [0.2, 0.25) is 0 Å². The second kappa shape index (κ2) is 6.71. The molecule has 1 aliphatic rings. The second-order valence-electron chi connectivity index (χ2n) is 5.98. The summed E-state index contributed by atoms with van der Waals surface area (Å²) >= 11 is 1.83. The van der Waals surface area contributed by atoms with Gasteiger partial charge in [0, 0.05) is 18.0 Å². The molecule has 0 radical (unpaired) electrons. The third kappa shape index (κ3) is 3.72. The van der Waals surface area contributed by atoms with Gasteiger partial charge in [-0.05, 0) is 62.6 Å². The van der Waals surface area contributed by atoms with Crippen molar-refractivity contribution in [3.05, 3.63) is 50.5 Å². The van der Waals surface area contributed by atoms with Crippen LogP contribution in [-0.2, 0) is 25.8 Å². The molecule has 0 aliphatic heterocycles. The number of aryl methyl sites for hydroxylation is 4. The Kier molecular flexibility index (Phi) is 4.71. The average Bonchev–Trinajstić information content (AvgIpc) is 2.81. The summed E-state index contributed by atoms with van der Waals surface area (Å²) in [5, 5.41) is 4.75. The molecule has 1 aromatic carbocycles. The van der Waals surface area contributed by atoms with Crippen LogP contribution in [0, 0.1) is 13.8 Å². The standard InChI is InChI=1S/C18H24N2S/c1-13-18(21-14(2)20-13)9-10-19-12-15-7-8-16-5-3-4-6-17(16)11-15/h7-8,11,19H,3-6,9-10,12H2,1-2H3. The van der Waals surface area contributed by atoms with Gasteiger partial charge in [-0.25, -0.2) is 4.98 Å². The lowest BCUT2D eigenvalue weighted by Crippen LogP contribution is -2.17. The van der Waals surface area contributed by atoms with Crippen LogP contribution in [0.4, 0.5) is 0 Å². The van der Waals surface area contributed by atoms with Crippen LogP contribution in [0.1, 0.15) is 45.1 Å². The number of nitrogens with one attached hydrogen (secondary N) is 1. The minimum atomic E-state index is 0.976. The lowest BCUT2D eigenvalue weighted by atomic mass is 9.90. The van der Waals surface area contributed by atoms with Crippen LogP contribution in [0.3, 0.4) is 0 Å². The molecule has 21 heavy (non-hydrogen) atoms. The zero-order valence-corrected chi connectivity index (χ0v) is 13.9. The minimum absolute atomic E-state index is 0.976. The molecule has 2 nitrogen and oxygen atoms in total. The van der Waals surface area contributed by atoms with Gasteiger partial charge < -0.3 is 5.32 Å². The number of thiazole rings is 1. The SMILES string of the molecule is Cc1nc(C)c(CCNCc2ccc3c(c2)CCCC3)s1. The number of rotatable bonds is 5. The predicted octanol–water partition coefficient (Wildman–Crippen LogP) is 3.97. The van der Waals surface area contributed by atoms with E-state index < -0.39 is 0 Å². The molecule has 0 saturated heterocycles. The quantitative estimate of drug-likeness (QED) is 0.845. The van der Waals surface area contributed by atoms with Gasteiger partial charge in [-0.2, -0.15) is 0 Å². The fourth-order valence-corrected chi connectivity index (χ4v) is 4.07. The summed E-state index contributed by atoms with van der Waals surface area (Å²) in [6.45, 7) is 6.20. The zero-order valence-electron chi connectivity index (χ0n) is 13.0. The molecule has 3 rings (SSSR count). The van der Waals surface area contributed by atoms with E-state index in [9.17, 15) is 0 Å². The fraction of sp³-hybridized carbons (Fsp3) is 0.500. The molecule has 0 fully saturated rings. The molecule has 1 N–H and O–H groups in total. The van der Waals surface area contributed by atoms with Crippen LogP contribution in [-0.4, -0.2) is 11.5 Å². The molecule has 1 heterocycles. The van der Waals surface area contributed by atoms with Crippen molar-refractivity contribution in [3.63, 3.8) is 0 Å². The molecule has 0 bridgehead atoms. The summed E-state index contributed by atoms with van der Waals surface area (Å²) in [6.07, 6.45) is 6.34. The highest BCUT2D eigenvalue weighted by molar-refractivity contribution is 7.11. The minimum Gasteiger partial charge on any atom is -0.312 e. The van der Waals surface area contributed by atoms with Crippen molar-refractivity contribution in [2.75, 3.05) is 6.54 Å². The predicted molar refractivity (Wildman–Crippen MR) is 90.1 cm³/mol. The number of nitrogens with zero attached hydrogens (tertiary/aromatic N) is 1. The van der Waals surface area contributed by atoms with Crippen molar-refractivity contribution in [2.45, 2.75) is 52.5 Å². The lowest BCUT2D eigenvalue weighted by Gasteiger charge is -2.16. The van der Waals surface area contributed by atoms with Gasteiger partial charge >= 0.3 is 0 Å². The van der Waals surface area contributed by atoms with Crippen LogP contribution < -0.4 is 5.32 Å². The molecule has 0 atom stereocenters. The second-order valence-corrected chi connectivity index (χ2v) is 7.27. The smallest absolute Gasteiger partial charge is 0.0900 e. The summed E-state index contributed by atoms with van der Waals surface area (Å²) in [6, 6.07) is 7.03. The summed E-state index contributed by atoms with van der Waals surface area (Å²) in [5.41, 5.74) is 5.77. The first-order valence-electron chi connectivity index (χ1n) is 7.96. The molecule has 0 unspecified atom stereocenters. The number of hydrogen-bond donors (Lipinski definition) is 1. The first-order valence-corrected chi connectivity index (χ1v) is 8.78. The summed E-state index contributed by atoms with van der Waals surface area (Å²) in [5.74, 6) is 0. The van der Waals surface area contributed by atoms with E-state index in [1.54, 1.807) is 11.1 Å². The Morgan fingerprint density at radius 2 is 1.95 bits per heavy atom. The number of aromatic nitrogens is 1. The monoisotopic (exact) mass is 300 g/mol. The molecule has 0 spiro atoms. The third-order valence-electron chi connectivity index (χ3n) is 4.27. The van der Waals surface area contributed by atoms with Crippen LogP contribution in [0.15, 0.2) is 18.2 Å². The van der Waals surface area contributed by atoms with Gasteiger partial charge in [0.2, 0.25) is 0 Å². The van der Waals surface area contributed by atoms with Crippen molar-refractivity contribution in [2.24, 2.45) is 0 Å². The van der Waals surface area contributed by atoms with Gasteiger partial charge in [-0.1, -0.05) is 18.2 Å². The van der Waals surface area contributed by atoms with E-state index in [2.05, 4.69) is 42.3 Å². The van der Waals surface area contributed by atoms with Crippen molar-refractivity contribution in [1.29, 1.82) is 0 Å². The first-order chi connectivity index (χ1) is 10.2. The average molecular weight is 300 g/mol. The summed E-state index contributed by atoms with van der Waals surface area (Å²) < 4.78 is 0. The Balaban J connectivity index is 1.50. The zero-order chi connectivity index (χ0) is 14.7. The number of hydrogen-bond acceptors (Lipinski definition) is 3. The van der Waals surface area contributed by atoms with E-state index in [1.165, 1.54) is 46.8 Å². The maximum Gasteiger partial charge on any atom is 0.0900 e. The first kappa shape index (κ1) is 14.7. The normalized spacial score (nSPS) is 14.2. The molecule has 112 valence electrons. The van der Waals surface area contributed by atoms with Gasteiger partial charge in [0.1, 0.15) is 0 Å². The van der Waals surface area contributed by atoms with Crippen molar-refractivity contribution in [1.82, 2.24) is 10.3 Å². The molecular formula is C18H24N2S. The van der Waals surface area contributed by atoms with Crippen LogP contribution in [0.5, 0.6) is 0 Å². The largest absolute Gasteiger partial charge is 0.312 e. The Morgan fingerprint density at radius 1 is 1.14 bits per heavy atom. The molecule has 2 aromatic rings. The Bertz CT molecular complexity index is 616. The Labute approximate surface area is 131 Å². The molecular weight excluding hydrogens is 276 g/mol. The van der Waals surface area contributed by atoms with Gasteiger partial charge in [0.05, 0.1) is 10.7 Å². The Morgan fingerprint density at radius 3 is 2.71 bits per heavy atom. The van der Waals surface area contributed by atoms with Crippen molar-refractivity contribution >= 4 is 11.3 Å². The molecule has 0 saturated carbocycles. The van der Waals surface area contributed by atoms with Crippen molar-refractivity contribution < 1.29 is 0 Å². The summed E-state index contributed by atoms with van der Waals surface area (Å²) in [7, 11) is 0.